The van der Waals surface area contributed by atoms with E-state index in [4.69, 9.17) is 0 Å². The van der Waals surface area contributed by atoms with Crippen molar-refractivity contribution in [3.8, 4) is 0 Å². The lowest BCUT2D eigenvalue weighted by atomic mass is 9.94. The number of unbranched alkanes of at least 4 members (excludes halogenated alkanes) is 40. The van der Waals surface area contributed by atoms with Crippen molar-refractivity contribution in [1.82, 2.24) is 0 Å². The minimum Gasteiger partial charge on any atom is -0.481 e. The van der Waals surface area contributed by atoms with Crippen molar-refractivity contribution < 1.29 is 9.90 Å². The quantitative estimate of drug-likeness (QED) is 0.0641. The zero-order chi connectivity index (χ0) is 36.3. The van der Waals surface area contributed by atoms with E-state index in [-0.39, 0.29) is 5.92 Å². The Morgan fingerprint density at radius 3 is 0.560 bits per heavy atom. The third kappa shape index (κ3) is 41.9. The van der Waals surface area contributed by atoms with E-state index < -0.39 is 5.97 Å². The van der Waals surface area contributed by atoms with Crippen LogP contribution in [-0.2, 0) is 4.79 Å². The van der Waals surface area contributed by atoms with Gasteiger partial charge < -0.3 is 5.11 Å². The number of rotatable bonds is 45. The van der Waals surface area contributed by atoms with E-state index in [1.54, 1.807) is 0 Å². The number of hydrogen-bond donors (Lipinski definition) is 1. The molecular weight excluding hydrogens is 609 g/mol. The highest BCUT2D eigenvalue weighted by molar-refractivity contribution is 5.69. The molecule has 1 unspecified atom stereocenters. The summed E-state index contributed by atoms with van der Waals surface area (Å²) in [6.07, 6.45) is 60.6. The summed E-state index contributed by atoms with van der Waals surface area (Å²) in [5.41, 5.74) is 0. The van der Waals surface area contributed by atoms with Gasteiger partial charge in [0.05, 0.1) is 5.92 Å². The van der Waals surface area contributed by atoms with Crippen LogP contribution >= 0.6 is 0 Å². The maximum absolute atomic E-state index is 11.7. The summed E-state index contributed by atoms with van der Waals surface area (Å²) in [6.45, 7) is 4.59. The van der Waals surface area contributed by atoms with Crippen molar-refractivity contribution in [2.75, 3.05) is 0 Å². The van der Waals surface area contributed by atoms with E-state index in [1.807, 2.05) is 0 Å². The Kier molecular flexibility index (Phi) is 44.2. The number of carboxylic acids is 1. The first-order chi connectivity index (χ1) is 24.7. The van der Waals surface area contributed by atoms with Crippen LogP contribution in [0.5, 0.6) is 0 Å². The first kappa shape index (κ1) is 49.5. The Labute approximate surface area is 317 Å². The highest BCUT2D eigenvalue weighted by Crippen LogP contribution is 2.21. The zero-order valence-electron chi connectivity index (χ0n) is 35.0. The third-order valence-corrected chi connectivity index (χ3v) is 11.7. The van der Waals surface area contributed by atoms with Crippen LogP contribution in [-0.4, -0.2) is 11.1 Å². The Bertz CT molecular complexity index is 615. The van der Waals surface area contributed by atoms with Crippen LogP contribution in [0.4, 0.5) is 0 Å². The Morgan fingerprint density at radius 1 is 0.280 bits per heavy atom. The van der Waals surface area contributed by atoms with Gasteiger partial charge in [-0.1, -0.05) is 284 Å². The fourth-order valence-electron chi connectivity index (χ4n) is 8.04. The standard InChI is InChI=1S/C48H96O2/c1-3-5-7-9-11-13-15-17-19-20-21-22-23-24-25-26-27-28-29-30-31-32-34-36-38-40-42-44-46-47(48(49)50)45-43-41-39-37-35-33-18-16-14-12-10-8-6-4-2/h47H,3-46H2,1-2H3,(H,49,50). The number of carboxylic acid groups (broad SMARTS) is 1. The largest absolute Gasteiger partial charge is 0.481 e. The molecule has 0 aliphatic rings. The van der Waals surface area contributed by atoms with Crippen molar-refractivity contribution in [2.24, 2.45) is 5.92 Å². The van der Waals surface area contributed by atoms with Gasteiger partial charge in [0.25, 0.3) is 0 Å². The van der Waals surface area contributed by atoms with Crippen LogP contribution < -0.4 is 0 Å². The average Bonchev–Trinajstić information content (AvgIpc) is 3.11. The van der Waals surface area contributed by atoms with Gasteiger partial charge in [-0.25, -0.2) is 0 Å². The van der Waals surface area contributed by atoms with E-state index in [0.717, 1.165) is 25.7 Å². The fraction of sp³-hybridized carbons (Fsp3) is 0.979. The molecule has 0 aromatic carbocycles. The molecule has 1 atom stereocenters. The minimum atomic E-state index is -0.551. The summed E-state index contributed by atoms with van der Waals surface area (Å²) >= 11 is 0. The summed E-state index contributed by atoms with van der Waals surface area (Å²) in [5, 5.41) is 9.68. The third-order valence-electron chi connectivity index (χ3n) is 11.7. The first-order valence-electron chi connectivity index (χ1n) is 23.9. The second-order valence-electron chi connectivity index (χ2n) is 16.8. The van der Waals surface area contributed by atoms with Gasteiger partial charge in [-0.3, -0.25) is 4.79 Å². The Balaban J connectivity index is 3.29. The van der Waals surface area contributed by atoms with Crippen molar-refractivity contribution in [1.29, 1.82) is 0 Å². The SMILES string of the molecule is CCCCCCCCCCCCCCCCCCCCCCCCCCCCCCC(CCCCCCCCCCCCCCCC)C(=O)O. The molecule has 50 heavy (non-hydrogen) atoms. The molecule has 0 aliphatic heterocycles. The van der Waals surface area contributed by atoms with Crippen LogP contribution in [0.15, 0.2) is 0 Å². The van der Waals surface area contributed by atoms with Crippen LogP contribution in [0.1, 0.15) is 296 Å². The summed E-state index contributed by atoms with van der Waals surface area (Å²) in [6, 6.07) is 0. The second kappa shape index (κ2) is 44.6. The lowest BCUT2D eigenvalue weighted by Gasteiger charge is -2.12. The van der Waals surface area contributed by atoms with Crippen molar-refractivity contribution in [2.45, 2.75) is 296 Å². The maximum Gasteiger partial charge on any atom is 0.306 e. The molecule has 0 heterocycles. The van der Waals surface area contributed by atoms with Gasteiger partial charge in [0, 0.05) is 0 Å². The number of hydrogen-bond acceptors (Lipinski definition) is 1. The van der Waals surface area contributed by atoms with E-state index in [2.05, 4.69) is 13.8 Å². The van der Waals surface area contributed by atoms with Gasteiger partial charge in [0.2, 0.25) is 0 Å². The Morgan fingerprint density at radius 2 is 0.420 bits per heavy atom. The van der Waals surface area contributed by atoms with Gasteiger partial charge >= 0.3 is 5.97 Å². The molecule has 0 radical (unpaired) electrons. The molecule has 300 valence electrons. The molecule has 0 aromatic heterocycles. The topological polar surface area (TPSA) is 37.3 Å². The molecule has 0 aromatic rings. The van der Waals surface area contributed by atoms with E-state index >= 15 is 0 Å². The van der Waals surface area contributed by atoms with Crippen molar-refractivity contribution in [3.05, 3.63) is 0 Å². The number of aliphatic carboxylic acids is 1. The molecule has 2 heteroatoms. The monoisotopic (exact) mass is 705 g/mol. The molecule has 0 spiro atoms. The summed E-state index contributed by atoms with van der Waals surface area (Å²) in [5.74, 6) is -0.652. The van der Waals surface area contributed by atoms with Crippen molar-refractivity contribution in [3.63, 3.8) is 0 Å². The lowest BCUT2D eigenvalue weighted by Crippen LogP contribution is -2.13. The normalized spacial score (nSPS) is 12.2. The van der Waals surface area contributed by atoms with Crippen LogP contribution in [0.3, 0.4) is 0 Å². The molecule has 0 bridgehead atoms. The Hall–Kier alpha value is -0.530. The summed E-state index contributed by atoms with van der Waals surface area (Å²) in [4.78, 5) is 11.7. The number of carbonyl (C=O) groups is 1. The molecule has 0 amide bonds. The molecular formula is C48H96O2. The molecule has 2 nitrogen and oxygen atoms in total. The highest BCUT2D eigenvalue weighted by atomic mass is 16.4. The molecule has 0 rings (SSSR count). The highest BCUT2D eigenvalue weighted by Gasteiger charge is 2.16. The van der Waals surface area contributed by atoms with Crippen LogP contribution in [0.25, 0.3) is 0 Å². The molecule has 0 saturated heterocycles. The molecule has 0 aliphatic carbocycles. The zero-order valence-corrected chi connectivity index (χ0v) is 35.0. The van der Waals surface area contributed by atoms with Gasteiger partial charge in [0.15, 0.2) is 0 Å². The second-order valence-corrected chi connectivity index (χ2v) is 16.8. The predicted octanol–water partition coefficient (Wildman–Crippen LogP) is 17.9. The minimum absolute atomic E-state index is 0.101. The average molecular weight is 705 g/mol. The van der Waals surface area contributed by atoms with Gasteiger partial charge in [-0.05, 0) is 12.8 Å². The smallest absolute Gasteiger partial charge is 0.306 e. The van der Waals surface area contributed by atoms with Gasteiger partial charge in [0.1, 0.15) is 0 Å². The van der Waals surface area contributed by atoms with Gasteiger partial charge in [-0.15, -0.1) is 0 Å². The lowest BCUT2D eigenvalue weighted by molar-refractivity contribution is -0.142. The first-order valence-corrected chi connectivity index (χ1v) is 23.9. The van der Waals surface area contributed by atoms with Gasteiger partial charge in [-0.2, -0.15) is 0 Å². The molecule has 1 N–H and O–H groups in total. The van der Waals surface area contributed by atoms with Crippen LogP contribution in [0, 0.1) is 5.92 Å². The molecule has 0 fully saturated rings. The summed E-state index contributed by atoms with van der Waals surface area (Å²) < 4.78 is 0. The fourth-order valence-corrected chi connectivity index (χ4v) is 8.04. The van der Waals surface area contributed by atoms with Crippen LogP contribution in [0.2, 0.25) is 0 Å². The summed E-state index contributed by atoms with van der Waals surface area (Å²) in [7, 11) is 0. The predicted molar refractivity (Wildman–Crippen MR) is 226 cm³/mol. The van der Waals surface area contributed by atoms with E-state index in [1.165, 1.54) is 257 Å². The van der Waals surface area contributed by atoms with Crippen molar-refractivity contribution >= 4 is 5.97 Å². The maximum atomic E-state index is 11.7. The van der Waals surface area contributed by atoms with E-state index in [0.29, 0.717) is 0 Å². The molecule has 0 saturated carbocycles. The van der Waals surface area contributed by atoms with E-state index in [9.17, 15) is 9.90 Å².